The van der Waals surface area contributed by atoms with Gasteiger partial charge < -0.3 is 14.2 Å². The third kappa shape index (κ3) is 47.1. The highest BCUT2D eigenvalue weighted by atomic mass is 16.6. The van der Waals surface area contributed by atoms with Crippen LogP contribution < -0.4 is 0 Å². The fourth-order valence-electron chi connectivity index (χ4n) is 6.42. The number of esters is 3. The summed E-state index contributed by atoms with van der Waals surface area (Å²) in [7, 11) is 0. The Balaban J connectivity index is 4.52. The van der Waals surface area contributed by atoms with E-state index in [0.717, 1.165) is 83.5 Å². The van der Waals surface area contributed by atoms with E-state index in [1.807, 2.05) is 54.7 Å². The number of carbonyl (C=O) groups is 3. The van der Waals surface area contributed by atoms with Crippen LogP contribution in [-0.4, -0.2) is 37.2 Å². The number of ether oxygens (including phenoxy) is 3. The van der Waals surface area contributed by atoms with Crippen LogP contribution >= 0.6 is 0 Å². The fourth-order valence-corrected chi connectivity index (χ4v) is 6.42. The first-order valence-electron chi connectivity index (χ1n) is 25.0. The highest BCUT2D eigenvalue weighted by Crippen LogP contribution is 2.13. The van der Waals surface area contributed by atoms with E-state index in [-0.39, 0.29) is 37.5 Å². The first-order valence-corrected chi connectivity index (χ1v) is 25.0. The van der Waals surface area contributed by atoms with Crippen LogP contribution in [0.3, 0.4) is 0 Å². The number of hydrogen-bond acceptors (Lipinski definition) is 6. The molecule has 0 saturated heterocycles. The minimum Gasteiger partial charge on any atom is -0.462 e. The lowest BCUT2D eigenvalue weighted by molar-refractivity contribution is -0.167. The molecule has 62 heavy (non-hydrogen) atoms. The Labute approximate surface area is 380 Å². The number of rotatable bonds is 43. The van der Waals surface area contributed by atoms with Crippen LogP contribution in [0.2, 0.25) is 0 Å². The SMILES string of the molecule is CC\C=C/C=C\C=C/C=C\C=C/CCCC(=O)OCC(COC(=O)CCCCCCCC/C=C\C/C=C\C/C=C\CC)OC(=O)CCCCCCCCC/C=C\CCCCCC. The van der Waals surface area contributed by atoms with Gasteiger partial charge in [-0.2, -0.15) is 0 Å². The van der Waals surface area contributed by atoms with Gasteiger partial charge in [-0.1, -0.05) is 207 Å². The molecule has 0 aliphatic rings. The maximum Gasteiger partial charge on any atom is 0.306 e. The molecule has 0 saturated carbocycles. The predicted molar refractivity (Wildman–Crippen MR) is 265 cm³/mol. The number of unbranched alkanes of at least 4 members (excludes halogenated alkanes) is 18. The highest BCUT2D eigenvalue weighted by molar-refractivity contribution is 5.71. The van der Waals surface area contributed by atoms with Crippen molar-refractivity contribution in [3.8, 4) is 0 Å². The number of allylic oxidation sites excluding steroid dienone is 18. The molecule has 0 N–H and O–H groups in total. The second-order valence-corrected chi connectivity index (χ2v) is 16.1. The van der Waals surface area contributed by atoms with Crippen LogP contribution in [0.1, 0.15) is 207 Å². The Kier molecular flexibility index (Phi) is 46.6. The van der Waals surface area contributed by atoms with E-state index < -0.39 is 6.10 Å². The van der Waals surface area contributed by atoms with Crippen LogP contribution in [0.5, 0.6) is 0 Å². The average molecular weight is 859 g/mol. The molecule has 0 heterocycles. The first kappa shape index (κ1) is 58.1. The van der Waals surface area contributed by atoms with Crippen LogP contribution in [-0.2, 0) is 28.6 Å². The van der Waals surface area contributed by atoms with Crippen molar-refractivity contribution in [1.29, 1.82) is 0 Å². The fraction of sp³-hybridized carbons (Fsp3) is 0.625. The minimum atomic E-state index is -0.815. The van der Waals surface area contributed by atoms with E-state index in [1.54, 1.807) is 0 Å². The minimum absolute atomic E-state index is 0.111. The van der Waals surface area contributed by atoms with Gasteiger partial charge in [-0.15, -0.1) is 0 Å². The summed E-state index contributed by atoms with van der Waals surface area (Å²) in [5, 5.41) is 0. The molecule has 0 amide bonds. The molecule has 6 nitrogen and oxygen atoms in total. The lowest BCUT2D eigenvalue weighted by Crippen LogP contribution is -2.30. The van der Waals surface area contributed by atoms with Crippen molar-refractivity contribution in [2.75, 3.05) is 13.2 Å². The number of hydrogen-bond donors (Lipinski definition) is 0. The van der Waals surface area contributed by atoms with E-state index in [4.69, 9.17) is 14.2 Å². The summed E-state index contributed by atoms with van der Waals surface area (Å²) in [6.07, 6.45) is 66.5. The molecule has 0 spiro atoms. The van der Waals surface area contributed by atoms with Crippen molar-refractivity contribution in [2.24, 2.45) is 0 Å². The Hall–Kier alpha value is -3.93. The summed E-state index contributed by atoms with van der Waals surface area (Å²) in [5.74, 6) is -1.01. The summed E-state index contributed by atoms with van der Waals surface area (Å²) in [6, 6.07) is 0. The van der Waals surface area contributed by atoms with Crippen LogP contribution in [0, 0.1) is 0 Å². The standard InChI is InChI=1S/C56H90O6/c1-4-7-10-13-16-19-22-25-27-29-31-34-37-40-43-46-49-55(58)61-52-53(51-60-54(57)48-45-42-39-36-33-30-24-21-18-15-12-9-6-3)62-56(59)50-47-44-41-38-35-32-28-26-23-20-17-14-11-8-5-2/h7,9-10,12,15-16,18-21,23-25,27,30,33,36,39,53H,4-6,8,11,13-14,17,22,26,28-29,31-32,34-35,37-38,40-52H2,1-3H3/b10-7-,12-9-,18-15-,19-16-,23-20-,24-21-,27-25-,33-30-,39-36-. The molecule has 0 rings (SSSR count). The van der Waals surface area contributed by atoms with Gasteiger partial charge in [0.05, 0.1) is 0 Å². The third-order valence-corrected chi connectivity index (χ3v) is 10.1. The predicted octanol–water partition coefficient (Wildman–Crippen LogP) is 16.4. The van der Waals surface area contributed by atoms with Crippen molar-refractivity contribution in [3.05, 3.63) is 109 Å². The van der Waals surface area contributed by atoms with Gasteiger partial charge in [-0.25, -0.2) is 0 Å². The van der Waals surface area contributed by atoms with Gasteiger partial charge >= 0.3 is 17.9 Å². The van der Waals surface area contributed by atoms with Gasteiger partial charge in [0.1, 0.15) is 13.2 Å². The Morgan fingerprint density at radius 3 is 1.24 bits per heavy atom. The molecule has 350 valence electrons. The normalized spacial score (nSPS) is 13.0. The second-order valence-electron chi connectivity index (χ2n) is 16.1. The van der Waals surface area contributed by atoms with Gasteiger partial charge in [0.2, 0.25) is 0 Å². The molecule has 0 aromatic carbocycles. The largest absolute Gasteiger partial charge is 0.462 e. The molecule has 0 radical (unpaired) electrons. The average Bonchev–Trinajstić information content (AvgIpc) is 3.27. The van der Waals surface area contributed by atoms with E-state index in [0.29, 0.717) is 19.3 Å². The topological polar surface area (TPSA) is 78.9 Å². The van der Waals surface area contributed by atoms with E-state index >= 15 is 0 Å². The van der Waals surface area contributed by atoms with Gasteiger partial charge in [0, 0.05) is 19.3 Å². The van der Waals surface area contributed by atoms with Crippen LogP contribution in [0.15, 0.2) is 109 Å². The summed E-state index contributed by atoms with van der Waals surface area (Å²) in [4.78, 5) is 37.9. The van der Waals surface area contributed by atoms with Crippen LogP contribution in [0.25, 0.3) is 0 Å². The lowest BCUT2D eigenvalue weighted by atomic mass is 10.1. The Bertz CT molecular complexity index is 1310. The molecule has 0 aliphatic carbocycles. The molecule has 1 atom stereocenters. The Morgan fingerprint density at radius 1 is 0.355 bits per heavy atom. The van der Waals surface area contributed by atoms with Gasteiger partial charge in [0.25, 0.3) is 0 Å². The zero-order valence-corrected chi connectivity index (χ0v) is 39.8. The van der Waals surface area contributed by atoms with Crippen molar-refractivity contribution in [2.45, 2.75) is 213 Å². The van der Waals surface area contributed by atoms with Crippen molar-refractivity contribution >= 4 is 17.9 Å². The molecule has 0 fully saturated rings. The summed E-state index contributed by atoms with van der Waals surface area (Å²) >= 11 is 0. The summed E-state index contributed by atoms with van der Waals surface area (Å²) in [6.45, 7) is 6.27. The maximum absolute atomic E-state index is 12.8. The molecule has 0 bridgehead atoms. The third-order valence-electron chi connectivity index (χ3n) is 10.1. The van der Waals surface area contributed by atoms with E-state index in [2.05, 4.69) is 75.5 Å². The molecule has 1 unspecified atom stereocenters. The maximum atomic E-state index is 12.8. The Morgan fingerprint density at radius 2 is 0.726 bits per heavy atom. The second kappa shape index (κ2) is 49.7. The number of carbonyl (C=O) groups excluding carboxylic acids is 3. The monoisotopic (exact) mass is 859 g/mol. The molecular formula is C56H90O6. The van der Waals surface area contributed by atoms with E-state index in [9.17, 15) is 14.4 Å². The molecule has 0 aromatic heterocycles. The van der Waals surface area contributed by atoms with Crippen molar-refractivity contribution in [3.63, 3.8) is 0 Å². The zero-order chi connectivity index (χ0) is 45.1. The smallest absolute Gasteiger partial charge is 0.306 e. The van der Waals surface area contributed by atoms with Crippen molar-refractivity contribution in [1.82, 2.24) is 0 Å². The van der Waals surface area contributed by atoms with Gasteiger partial charge in [0.15, 0.2) is 6.10 Å². The van der Waals surface area contributed by atoms with Gasteiger partial charge in [-0.05, 0) is 89.9 Å². The molecule has 6 heteroatoms. The van der Waals surface area contributed by atoms with Gasteiger partial charge in [-0.3, -0.25) is 14.4 Å². The summed E-state index contributed by atoms with van der Waals surface area (Å²) < 4.78 is 16.7. The zero-order valence-electron chi connectivity index (χ0n) is 39.8. The van der Waals surface area contributed by atoms with Crippen LogP contribution in [0.4, 0.5) is 0 Å². The highest BCUT2D eigenvalue weighted by Gasteiger charge is 2.19. The van der Waals surface area contributed by atoms with Crippen molar-refractivity contribution < 1.29 is 28.6 Å². The first-order chi connectivity index (χ1) is 30.5. The molecular weight excluding hydrogens is 769 g/mol. The molecule has 0 aromatic rings. The molecule has 0 aliphatic heterocycles. The quantitative estimate of drug-likeness (QED) is 0.0200. The summed E-state index contributed by atoms with van der Waals surface area (Å²) in [5.41, 5.74) is 0. The lowest BCUT2D eigenvalue weighted by Gasteiger charge is -2.18. The van der Waals surface area contributed by atoms with E-state index in [1.165, 1.54) is 77.0 Å².